The second kappa shape index (κ2) is 10.2. The van der Waals surface area contributed by atoms with E-state index < -0.39 is 0 Å². The van der Waals surface area contributed by atoms with Crippen molar-refractivity contribution in [3.8, 4) is 11.6 Å². The first-order valence-corrected chi connectivity index (χ1v) is 9.45. The van der Waals surface area contributed by atoms with E-state index in [2.05, 4.69) is 25.3 Å². The van der Waals surface area contributed by atoms with Crippen molar-refractivity contribution in [2.45, 2.75) is 19.1 Å². The second-order valence-electron chi connectivity index (χ2n) is 6.63. The Kier molecular flexibility index (Phi) is 7.45. The molecule has 0 amide bonds. The summed E-state index contributed by atoms with van der Waals surface area (Å²) in [6.45, 7) is 2.30. The van der Waals surface area contributed by atoms with Crippen molar-refractivity contribution in [1.82, 2.24) is 25.0 Å². The number of hydrogen-bond acceptors (Lipinski definition) is 4. The molecule has 8 heteroatoms. The summed E-state index contributed by atoms with van der Waals surface area (Å²) >= 11 is 0. The van der Waals surface area contributed by atoms with Gasteiger partial charge in [0.25, 0.3) is 0 Å². The number of pyridine rings is 1. The summed E-state index contributed by atoms with van der Waals surface area (Å²) in [5, 5.41) is 8.04. The lowest BCUT2D eigenvalue weighted by atomic mass is 10.3. The van der Waals surface area contributed by atoms with Crippen LogP contribution in [0.3, 0.4) is 0 Å². The number of nitrogens with one attached hydrogen (secondary N) is 1. The van der Waals surface area contributed by atoms with Crippen LogP contribution in [0.1, 0.15) is 12.1 Å². The Morgan fingerprint density at radius 3 is 2.76 bits per heavy atom. The van der Waals surface area contributed by atoms with Gasteiger partial charge in [-0.15, -0.1) is 24.0 Å². The number of para-hydroxylation sites is 1. The zero-order chi connectivity index (χ0) is 19.2. The molecule has 3 aromatic rings. The van der Waals surface area contributed by atoms with E-state index in [0.29, 0.717) is 12.4 Å². The van der Waals surface area contributed by atoms with Crippen LogP contribution in [0.15, 0.2) is 72.0 Å². The van der Waals surface area contributed by atoms with Gasteiger partial charge >= 0.3 is 0 Å². The van der Waals surface area contributed by atoms with Crippen LogP contribution in [-0.4, -0.2) is 51.9 Å². The van der Waals surface area contributed by atoms with Crippen LogP contribution in [0.4, 0.5) is 0 Å². The van der Waals surface area contributed by atoms with Gasteiger partial charge in [0, 0.05) is 38.5 Å². The van der Waals surface area contributed by atoms with Crippen LogP contribution in [0.2, 0.25) is 0 Å². The zero-order valence-electron chi connectivity index (χ0n) is 16.3. The fourth-order valence-electron chi connectivity index (χ4n) is 3.29. The molecule has 1 fully saturated rings. The van der Waals surface area contributed by atoms with Crippen molar-refractivity contribution in [2.75, 3.05) is 20.1 Å². The number of guanidine groups is 1. The van der Waals surface area contributed by atoms with E-state index in [-0.39, 0.29) is 30.1 Å². The quantitative estimate of drug-likeness (QED) is 0.329. The molecule has 0 bridgehead atoms. The molecule has 7 nitrogen and oxygen atoms in total. The average molecular weight is 504 g/mol. The van der Waals surface area contributed by atoms with Gasteiger partial charge in [0.1, 0.15) is 6.10 Å². The number of benzene rings is 1. The van der Waals surface area contributed by atoms with Crippen molar-refractivity contribution < 1.29 is 4.74 Å². The SMILES string of the molecule is CN=C(NCc1ccn(-c2ccccc2)n1)N1CCC(Oc2ccccn2)C1.I. The van der Waals surface area contributed by atoms with Crippen LogP contribution in [0.5, 0.6) is 5.88 Å². The van der Waals surface area contributed by atoms with Crippen LogP contribution >= 0.6 is 24.0 Å². The van der Waals surface area contributed by atoms with Crippen molar-refractivity contribution in [3.63, 3.8) is 0 Å². The highest BCUT2D eigenvalue weighted by Crippen LogP contribution is 2.16. The molecule has 0 aliphatic carbocycles. The molecule has 29 heavy (non-hydrogen) atoms. The van der Waals surface area contributed by atoms with E-state index in [4.69, 9.17) is 4.74 Å². The summed E-state index contributed by atoms with van der Waals surface area (Å²) in [7, 11) is 1.80. The molecule has 1 N–H and O–H groups in total. The standard InChI is InChI=1S/C21H24N6O.HI/c1-22-21(26-13-11-19(16-26)28-20-9-5-6-12-23-20)24-15-17-10-14-27(25-17)18-7-3-2-4-8-18;/h2-10,12,14,19H,11,13,15-16H2,1H3,(H,22,24);1H. The number of nitrogens with zero attached hydrogens (tertiary/aromatic N) is 5. The topological polar surface area (TPSA) is 67.6 Å². The molecular weight excluding hydrogens is 479 g/mol. The molecule has 1 atom stereocenters. The molecule has 1 aliphatic heterocycles. The molecule has 152 valence electrons. The smallest absolute Gasteiger partial charge is 0.213 e. The molecule has 0 saturated carbocycles. The Balaban J connectivity index is 0.00000240. The molecule has 4 rings (SSSR count). The number of likely N-dealkylation sites (tertiary alicyclic amines) is 1. The molecule has 0 radical (unpaired) electrons. The first-order chi connectivity index (χ1) is 13.8. The van der Waals surface area contributed by atoms with E-state index in [1.165, 1.54) is 0 Å². The summed E-state index contributed by atoms with van der Waals surface area (Å²) < 4.78 is 7.85. The minimum absolute atomic E-state index is 0. The van der Waals surface area contributed by atoms with Crippen molar-refractivity contribution in [1.29, 1.82) is 0 Å². The second-order valence-corrected chi connectivity index (χ2v) is 6.63. The molecule has 1 unspecified atom stereocenters. The monoisotopic (exact) mass is 504 g/mol. The van der Waals surface area contributed by atoms with Crippen LogP contribution in [0.25, 0.3) is 5.69 Å². The maximum Gasteiger partial charge on any atom is 0.213 e. The number of ether oxygens (including phenoxy) is 1. The molecule has 3 heterocycles. The van der Waals surface area contributed by atoms with Gasteiger partial charge in [0.2, 0.25) is 5.88 Å². The minimum atomic E-state index is 0. The normalized spacial score (nSPS) is 16.4. The van der Waals surface area contributed by atoms with Gasteiger partial charge in [0.05, 0.1) is 24.5 Å². The van der Waals surface area contributed by atoms with Gasteiger partial charge in [-0.2, -0.15) is 5.10 Å². The number of halogens is 1. The lowest BCUT2D eigenvalue weighted by Crippen LogP contribution is -2.40. The molecule has 1 aliphatic rings. The summed E-state index contributed by atoms with van der Waals surface area (Å²) in [5.74, 6) is 1.53. The molecule has 0 spiro atoms. The van der Waals surface area contributed by atoms with E-state index in [9.17, 15) is 0 Å². The summed E-state index contributed by atoms with van der Waals surface area (Å²) in [5.41, 5.74) is 2.01. The Hall–Kier alpha value is -2.62. The molecule has 1 saturated heterocycles. The van der Waals surface area contributed by atoms with Gasteiger partial charge < -0.3 is 15.0 Å². The highest BCUT2D eigenvalue weighted by molar-refractivity contribution is 14.0. The van der Waals surface area contributed by atoms with Gasteiger partial charge in [-0.25, -0.2) is 9.67 Å². The predicted molar refractivity (Wildman–Crippen MR) is 124 cm³/mol. The lowest BCUT2D eigenvalue weighted by Gasteiger charge is -2.21. The Morgan fingerprint density at radius 1 is 1.17 bits per heavy atom. The number of rotatable bonds is 5. The van der Waals surface area contributed by atoms with Crippen molar-refractivity contribution >= 4 is 29.9 Å². The van der Waals surface area contributed by atoms with Gasteiger partial charge in [0.15, 0.2) is 5.96 Å². The van der Waals surface area contributed by atoms with E-state index in [1.54, 1.807) is 13.2 Å². The molecule has 2 aromatic heterocycles. The van der Waals surface area contributed by atoms with Gasteiger partial charge in [-0.3, -0.25) is 4.99 Å². The zero-order valence-corrected chi connectivity index (χ0v) is 18.6. The van der Waals surface area contributed by atoms with Crippen molar-refractivity contribution in [3.05, 3.63) is 72.7 Å². The first kappa shape index (κ1) is 21.1. The third kappa shape index (κ3) is 5.47. The number of aromatic nitrogens is 3. The lowest BCUT2D eigenvalue weighted by molar-refractivity contribution is 0.205. The first-order valence-electron chi connectivity index (χ1n) is 9.45. The maximum atomic E-state index is 5.96. The third-order valence-corrected chi connectivity index (χ3v) is 4.67. The highest BCUT2D eigenvalue weighted by atomic mass is 127. The average Bonchev–Trinajstić information content (AvgIpc) is 3.40. The Labute approximate surface area is 187 Å². The predicted octanol–water partition coefficient (Wildman–Crippen LogP) is 3.11. The van der Waals surface area contributed by atoms with Crippen LogP contribution in [-0.2, 0) is 6.54 Å². The third-order valence-electron chi connectivity index (χ3n) is 4.67. The number of aliphatic imine (C=N–C) groups is 1. The maximum absolute atomic E-state index is 5.96. The number of hydrogen-bond donors (Lipinski definition) is 1. The van der Waals surface area contributed by atoms with Gasteiger partial charge in [-0.05, 0) is 24.3 Å². The van der Waals surface area contributed by atoms with E-state index in [0.717, 1.165) is 36.9 Å². The fourth-order valence-corrected chi connectivity index (χ4v) is 3.29. The summed E-state index contributed by atoms with van der Waals surface area (Å²) in [6, 6.07) is 17.8. The molecule has 1 aromatic carbocycles. The van der Waals surface area contributed by atoms with Crippen LogP contribution in [0, 0.1) is 0 Å². The largest absolute Gasteiger partial charge is 0.472 e. The minimum Gasteiger partial charge on any atom is -0.472 e. The summed E-state index contributed by atoms with van der Waals surface area (Å²) in [4.78, 5) is 10.9. The van der Waals surface area contributed by atoms with Gasteiger partial charge in [-0.1, -0.05) is 24.3 Å². The summed E-state index contributed by atoms with van der Waals surface area (Å²) in [6.07, 6.45) is 4.78. The van der Waals surface area contributed by atoms with E-state index >= 15 is 0 Å². The van der Waals surface area contributed by atoms with Crippen LogP contribution < -0.4 is 10.1 Å². The molecular formula is C21H25IN6O. The Bertz CT molecular complexity index is 915. The highest BCUT2D eigenvalue weighted by Gasteiger charge is 2.26. The Morgan fingerprint density at radius 2 is 2.00 bits per heavy atom. The van der Waals surface area contributed by atoms with Crippen molar-refractivity contribution in [2.24, 2.45) is 4.99 Å². The fraction of sp³-hybridized carbons (Fsp3) is 0.286. The van der Waals surface area contributed by atoms with E-state index in [1.807, 2.05) is 65.5 Å².